The van der Waals surface area contributed by atoms with Crippen LogP contribution < -0.4 is 19.1 Å². The second-order valence-corrected chi connectivity index (χ2v) is 15.0. The molecule has 2 fully saturated rings. The number of pyridine rings is 1. The van der Waals surface area contributed by atoms with Crippen LogP contribution in [-0.4, -0.2) is 96.8 Å². The number of ether oxygens (including phenoxy) is 2. The van der Waals surface area contributed by atoms with Gasteiger partial charge in [-0.15, -0.1) is 6.42 Å². The van der Waals surface area contributed by atoms with Crippen LogP contribution in [0.3, 0.4) is 0 Å². The van der Waals surface area contributed by atoms with Gasteiger partial charge in [0.05, 0.1) is 17.4 Å². The van der Waals surface area contributed by atoms with Gasteiger partial charge in [-0.1, -0.05) is 12.0 Å². The maximum absolute atomic E-state index is 17.1. The fourth-order valence-electron chi connectivity index (χ4n) is 7.41. The standard InChI is InChI=1S/C34H35F3N6O5S/c1-5-23-25(36)8-7-19-12-21(44)13-24(26(19)23)29-28(37)30-27-31(41-33(40-30)47-17-34-9-6-10-43(34)16-20(35)14-34)42(3)18(2)11-22(48-32(27)39-29)15-38-49(4,45)46/h1,7-8,12-13,18,20,22,38,44H,6,9-11,14-17H2,2-4H3/t18-,20+,22+,34-/m0/s1. The zero-order valence-corrected chi connectivity index (χ0v) is 28.0. The molecule has 0 aliphatic carbocycles. The van der Waals surface area contributed by atoms with Gasteiger partial charge in [-0.3, -0.25) is 4.90 Å². The number of hydrogen-bond donors (Lipinski definition) is 2. The molecule has 2 N–H and O–H groups in total. The van der Waals surface area contributed by atoms with Crippen molar-refractivity contribution in [3.63, 3.8) is 0 Å². The highest BCUT2D eigenvalue weighted by atomic mass is 32.2. The number of alkyl halides is 1. The van der Waals surface area contributed by atoms with Crippen molar-refractivity contribution in [2.75, 3.05) is 44.4 Å². The number of phenols is 1. The molecule has 0 saturated carbocycles. The van der Waals surface area contributed by atoms with Crippen molar-refractivity contribution in [2.24, 2.45) is 0 Å². The average Bonchev–Trinajstić information content (AvgIpc) is 3.57. The fourth-order valence-corrected chi connectivity index (χ4v) is 7.90. The van der Waals surface area contributed by atoms with Gasteiger partial charge in [0.25, 0.3) is 0 Å². The number of benzene rings is 2. The number of hydrogen-bond acceptors (Lipinski definition) is 10. The van der Waals surface area contributed by atoms with Crippen LogP contribution in [-0.2, 0) is 10.0 Å². The maximum atomic E-state index is 17.1. The summed E-state index contributed by atoms with van der Waals surface area (Å²) in [6.07, 6.45) is 7.26. The number of anilines is 1. The minimum absolute atomic E-state index is 0.0145. The molecule has 3 aliphatic heterocycles. The number of nitrogens with zero attached hydrogens (tertiary/aromatic N) is 5. The summed E-state index contributed by atoms with van der Waals surface area (Å²) in [5.74, 6) is 0.558. The highest BCUT2D eigenvalue weighted by molar-refractivity contribution is 7.88. The van der Waals surface area contributed by atoms with Crippen LogP contribution in [0.25, 0.3) is 32.9 Å². The van der Waals surface area contributed by atoms with Gasteiger partial charge in [0.1, 0.15) is 52.9 Å². The van der Waals surface area contributed by atoms with Crippen LogP contribution in [0.2, 0.25) is 0 Å². The maximum Gasteiger partial charge on any atom is 0.319 e. The molecule has 258 valence electrons. The van der Waals surface area contributed by atoms with E-state index in [1.807, 2.05) is 6.92 Å². The molecule has 0 radical (unpaired) electrons. The predicted molar refractivity (Wildman–Crippen MR) is 178 cm³/mol. The lowest BCUT2D eigenvalue weighted by Gasteiger charge is -2.34. The van der Waals surface area contributed by atoms with Gasteiger partial charge in [-0.2, -0.15) is 9.97 Å². The van der Waals surface area contributed by atoms with E-state index in [1.54, 1.807) is 11.9 Å². The van der Waals surface area contributed by atoms with Crippen LogP contribution in [0.1, 0.15) is 38.2 Å². The Morgan fingerprint density at radius 3 is 2.78 bits per heavy atom. The lowest BCUT2D eigenvalue weighted by molar-refractivity contribution is 0.107. The molecular formula is C34H35F3N6O5S. The lowest BCUT2D eigenvalue weighted by Crippen LogP contribution is -2.43. The Hall–Kier alpha value is -4.39. The molecule has 49 heavy (non-hydrogen) atoms. The van der Waals surface area contributed by atoms with E-state index >= 15 is 8.78 Å². The molecule has 11 nitrogen and oxygen atoms in total. The van der Waals surface area contributed by atoms with Gasteiger partial charge < -0.3 is 19.5 Å². The molecule has 2 aromatic carbocycles. The van der Waals surface area contributed by atoms with Gasteiger partial charge in [0, 0.05) is 50.0 Å². The molecule has 2 saturated heterocycles. The summed E-state index contributed by atoms with van der Waals surface area (Å²) >= 11 is 0. The number of rotatable bonds is 7. The van der Waals surface area contributed by atoms with E-state index in [2.05, 4.69) is 30.5 Å². The molecule has 3 aliphatic rings. The van der Waals surface area contributed by atoms with Crippen molar-refractivity contribution < 1.29 is 36.2 Å². The van der Waals surface area contributed by atoms with E-state index in [0.29, 0.717) is 24.8 Å². The Kier molecular flexibility index (Phi) is 8.24. The Balaban J connectivity index is 1.44. The number of aromatic nitrogens is 3. The monoisotopic (exact) mass is 696 g/mol. The first kappa shape index (κ1) is 33.1. The molecule has 0 bridgehead atoms. The number of aromatic hydroxyl groups is 1. The van der Waals surface area contributed by atoms with Crippen molar-refractivity contribution >= 4 is 37.5 Å². The van der Waals surface area contributed by atoms with Crippen molar-refractivity contribution in [3.8, 4) is 41.2 Å². The normalized spacial score (nSPS) is 24.0. The molecule has 7 rings (SSSR count). The summed E-state index contributed by atoms with van der Waals surface area (Å²) in [6, 6.07) is 4.75. The van der Waals surface area contributed by atoms with Crippen LogP contribution in [0.5, 0.6) is 17.6 Å². The second-order valence-electron chi connectivity index (χ2n) is 13.2. The van der Waals surface area contributed by atoms with E-state index < -0.39 is 39.5 Å². The van der Waals surface area contributed by atoms with E-state index in [9.17, 15) is 17.9 Å². The van der Waals surface area contributed by atoms with Gasteiger partial charge >= 0.3 is 6.01 Å². The van der Waals surface area contributed by atoms with Crippen LogP contribution in [0, 0.1) is 24.0 Å². The molecular weight excluding hydrogens is 661 g/mol. The van der Waals surface area contributed by atoms with Gasteiger partial charge in [0.2, 0.25) is 15.9 Å². The Bertz CT molecular complexity index is 2150. The SMILES string of the molecule is C#Cc1c(F)ccc2cc(O)cc(-c3nc4c5c(nc(OC[C@@]67CCCN6C[C@H](F)C7)nc5c3F)N(C)[C@@H](C)C[C@H](CNS(C)(=O)=O)O4)c12. The molecule has 2 aromatic heterocycles. The first-order valence-electron chi connectivity index (χ1n) is 16.0. The van der Waals surface area contributed by atoms with Gasteiger partial charge in [0.15, 0.2) is 5.82 Å². The molecule has 4 atom stereocenters. The van der Waals surface area contributed by atoms with E-state index in [-0.39, 0.29) is 75.8 Å². The predicted octanol–water partition coefficient (Wildman–Crippen LogP) is 4.29. The van der Waals surface area contributed by atoms with E-state index in [0.717, 1.165) is 31.7 Å². The summed E-state index contributed by atoms with van der Waals surface area (Å²) in [7, 11) is -1.84. The molecule has 5 heterocycles. The fraction of sp³-hybridized carbons (Fsp3) is 0.441. The third kappa shape index (κ3) is 5.95. The second kappa shape index (κ2) is 12.2. The quantitative estimate of drug-likeness (QED) is 0.270. The smallest absolute Gasteiger partial charge is 0.319 e. The largest absolute Gasteiger partial charge is 0.508 e. The first-order valence-corrected chi connectivity index (χ1v) is 17.9. The van der Waals surface area contributed by atoms with Crippen LogP contribution >= 0.6 is 0 Å². The Labute approximate surface area is 281 Å². The molecule has 4 aromatic rings. The zero-order valence-electron chi connectivity index (χ0n) is 27.1. The number of nitrogens with one attached hydrogen (secondary N) is 1. The summed E-state index contributed by atoms with van der Waals surface area (Å²) < 4.78 is 85.5. The van der Waals surface area contributed by atoms with Crippen LogP contribution in [0.4, 0.5) is 19.0 Å². The molecule has 0 unspecified atom stereocenters. The van der Waals surface area contributed by atoms with E-state index in [4.69, 9.17) is 15.9 Å². The van der Waals surface area contributed by atoms with Gasteiger partial charge in [-0.05, 0) is 49.9 Å². The number of fused-ring (bicyclic) bond motifs is 2. The van der Waals surface area contributed by atoms with Crippen molar-refractivity contribution in [1.29, 1.82) is 0 Å². The Morgan fingerprint density at radius 2 is 2.02 bits per heavy atom. The zero-order chi connectivity index (χ0) is 34.8. The lowest BCUT2D eigenvalue weighted by atomic mass is 9.95. The minimum atomic E-state index is -3.59. The number of terminal acetylenes is 1. The number of halogens is 3. The van der Waals surface area contributed by atoms with Crippen molar-refractivity contribution in [2.45, 2.75) is 56.5 Å². The summed E-state index contributed by atoms with van der Waals surface area (Å²) in [6.45, 7) is 2.96. The summed E-state index contributed by atoms with van der Waals surface area (Å²) in [4.78, 5) is 17.6. The van der Waals surface area contributed by atoms with E-state index in [1.165, 1.54) is 18.2 Å². The third-order valence-electron chi connectivity index (χ3n) is 9.85. The third-order valence-corrected chi connectivity index (χ3v) is 10.5. The minimum Gasteiger partial charge on any atom is -0.508 e. The number of sulfonamides is 1. The van der Waals surface area contributed by atoms with Gasteiger partial charge in [-0.25, -0.2) is 31.3 Å². The average molecular weight is 697 g/mol. The highest BCUT2D eigenvalue weighted by Gasteiger charge is 2.49. The first-order chi connectivity index (χ1) is 23.3. The summed E-state index contributed by atoms with van der Waals surface area (Å²) in [5.41, 5.74) is -1.27. The molecule has 0 spiro atoms. The van der Waals surface area contributed by atoms with Crippen molar-refractivity contribution in [1.82, 2.24) is 24.6 Å². The van der Waals surface area contributed by atoms with Crippen LogP contribution in [0.15, 0.2) is 24.3 Å². The molecule has 15 heteroatoms. The molecule has 0 amide bonds. The topological polar surface area (TPSA) is 130 Å². The number of phenolic OH excluding ortho intramolecular Hbond substituents is 1. The highest BCUT2D eigenvalue weighted by Crippen LogP contribution is 2.44. The summed E-state index contributed by atoms with van der Waals surface area (Å²) in [5, 5.41) is 11.2. The van der Waals surface area contributed by atoms with Crippen molar-refractivity contribution in [3.05, 3.63) is 41.5 Å². The Morgan fingerprint density at radius 1 is 1.22 bits per heavy atom.